The van der Waals surface area contributed by atoms with Gasteiger partial charge in [-0.1, -0.05) is 22.0 Å². The highest BCUT2D eigenvalue weighted by Crippen LogP contribution is 2.29. The van der Waals surface area contributed by atoms with Crippen LogP contribution in [0.4, 0.5) is 17.1 Å². The number of hydrogen-bond donors (Lipinski definition) is 3. The van der Waals surface area contributed by atoms with Gasteiger partial charge in [0.25, 0.3) is 0 Å². The molecule has 2 rings (SSSR count). The van der Waals surface area contributed by atoms with E-state index in [0.29, 0.717) is 5.69 Å². The highest BCUT2D eigenvalue weighted by atomic mass is 79.9. The van der Waals surface area contributed by atoms with Gasteiger partial charge in [0.2, 0.25) is 0 Å². The Morgan fingerprint density at radius 3 is 2.63 bits per heavy atom. The molecule has 4 N–H and O–H groups in total. The van der Waals surface area contributed by atoms with E-state index in [2.05, 4.69) is 21.2 Å². The monoisotopic (exact) mass is 320 g/mol. The number of benzene rings is 2. The van der Waals surface area contributed by atoms with E-state index < -0.39 is 5.97 Å². The van der Waals surface area contributed by atoms with Gasteiger partial charge in [0.05, 0.1) is 16.9 Å². The number of halogens is 1. The first-order valence-electron chi connectivity index (χ1n) is 5.64. The van der Waals surface area contributed by atoms with Crippen molar-refractivity contribution >= 4 is 39.0 Å². The number of anilines is 3. The topological polar surface area (TPSA) is 75.3 Å². The van der Waals surface area contributed by atoms with Crippen LogP contribution in [0.5, 0.6) is 0 Å². The van der Waals surface area contributed by atoms with Gasteiger partial charge >= 0.3 is 5.97 Å². The van der Waals surface area contributed by atoms with E-state index in [0.717, 1.165) is 15.7 Å². The number of hydrogen-bond acceptors (Lipinski definition) is 3. The SMILES string of the molecule is Cc1cc(Br)ccc1Nc1cccc(C(=O)O)c1N. The average Bonchev–Trinajstić information content (AvgIpc) is 2.34. The molecule has 0 heterocycles. The number of carbonyl (C=O) groups is 1. The number of rotatable bonds is 3. The van der Waals surface area contributed by atoms with Crippen LogP contribution in [-0.2, 0) is 0 Å². The zero-order valence-electron chi connectivity index (χ0n) is 10.3. The first-order chi connectivity index (χ1) is 8.99. The van der Waals surface area contributed by atoms with Crippen LogP contribution in [0, 0.1) is 6.92 Å². The molecule has 0 unspecified atom stereocenters. The second kappa shape index (κ2) is 5.32. The lowest BCUT2D eigenvalue weighted by Gasteiger charge is -2.13. The molecule has 2 aromatic carbocycles. The Kier molecular flexibility index (Phi) is 3.76. The highest BCUT2D eigenvalue weighted by Gasteiger charge is 2.11. The van der Waals surface area contributed by atoms with Gasteiger partial charge in [-0.3, -0.25) is 0 Å². The van der Waals surface area contributed by atoms with Gasteiger partial charge in [0.1, 0.15) is 0 Å². The molecule has 0 saturated carbocycles. The predicted octanol–water partition coefficient (Wildman–Crippen LogP) is 3.78. The maximum atomic E-state index is 11.0. The minimum absolute atomic E-state index is 0.0970. The molecule has 0 saturated heterocycles. The Morgan fingerprint density at radius 1 is 1.26 bits per heavy atom. The maximum absolute atomic E-state index is 11.0. The molecular weight excluding hydrogens is 308 g/mol. The second-order valence-electron chi connectivity index (χ2n) is 4.16. The van der Waals surface area contributed by atoms with E-state index >= 15 is 0 Å². The minimum Gasteiger partial charge on any atom is -0.478 e. The van der Waals surface area contributed by atoms with Crippen LogP contribution < -0.4 is 11.1 Å². The molecule has 0 aliphatic carbocycles. The lowest BCUT2D eigenvalue weighted by molar-refractivity contribution is 0.0698. The molecule has 4 nitrogen and oxygen atoms in total. The van der Waals surface area contributed by atoms with Gasteiger partial charge in [-0.05, 0) is 42.8 Å². The number of nitrogen functional groups attached to an aromatic ring is 1. The van der Waals surface area contributed by atoms with E-state index in [1.807, 2.05) is 25.1 Å². The number of para-hydroxylation sites is 1. The summed E-state index contributed by atoms with van der Waals surface area (Å²) in [5.74, 6) is -1.03. The van der Waals surface area contributed by atoms with Crippen LogP contribution in [0.2, 0.25) is 0 Å². The molecular formula is C14H13BrN2O2. The number of aryl methyl sites for hydroxylation is 1. The number of carboxylic acids is 1. The molecule has 0 aliphatic rings. The van der Waals surface area contributed by atoms with Crippen LogP contribution in [0.3, 0.4) is 0 Å². The normalized spacial score (nSPS) is 10.2. The van der Waals surface area contributed by atoms with E-state index in [9.17, 15) is 4.79 Å². The molecule has 2 aromatic rings. The third kappa shape index (κ3) is 2.88. The van der Waals surface area contributed by atoms with Crippen molar-refractivity contribution in [3.8, 4) is 0 Å². The van der Waals surface area contributed by atoms with Crippen molar-refractivity contribution in [1.82, 2.24) is 0 Å². The third-order valence-corrected chi connectivity index (χ3v) is 3.29. The Labute approximate surface area is 119 Å². The summed E-state index contributed by atoms with van der Waals surface area (Å²) in [6, 6.07) is 10.7. The van der Waals surface area contributed by atoms with Crippen molar-refractivity contribution in [2.45, 2.75) is 6.92 Å². The second-order valence-corrected chi connectivity index (χ2v) is 5.07. The summed E-state index contributed by atoms with van der Waals surface area (Å²) in [5, 5.41) is 12.2. The Morgan fingerprint density at radius 2 is 2.00 bits per heavy atom. The molecule has 19 heavy (non-hydrogen) atoms. The fourth-order valence-corrected chi connectivity index (χ4v) is 2.25. The number of nitrogens with one attached hydrogen (secondary N) is 1. The highest BCUT2D eigenvalue weighted by molar-refractivity contribution is 9.10. The summed E-state index contributed by atoms with van der Waals surface area (Å²) in [4.78, 5) is 11.0. The molecule has 0 radical (unpaired) electrons. The molecule has 0 fully saturated rings. The predicted molar refractivity (Wildman–Crippen MR) is 80.0 cm³/mol. The van der Waals surface area contributed by atoms with Crippen molar-refractivity contribution in [1.29, 1.82) is 0 Å². The van der Waals surface area contributed by atoms with E-state index in [-0.39, 0.29) is 11.3 Å². The maximum Gasteiger partial charge on any atom is 0.337 e. The van der Waals surface area contributed by atoms with Crippen molar-refractivity contribution in [3.63, 3.8) is 0 Å². The van der Waals surface area contributed by atoms with Gasteiger partial charge in [-0.2, -0.15) is 0 Å². The van der Waals surface area contributed by atoms with Crippen LogP contribution in [0.15, 0.2) is 40.9 Å². The third-order valence-electron chi connectivity index (χ3n) is 2.79. The summed E-state index contributed by atoms with van der Waals surface area (Å²) in [7, 11) is 0. The van der Waals surface area contributed by atoms with E-state index in [4.69, 9.17) is 10.8 Å². The Balaban J connectivity index is 2.38. The number of aromatic carboxylic acids is 1. The van der Waals surface area contributed by atoms with Crippen molar-refractivity contribution < 1.29 is 9.90 Å². The molecule has 0 atom stereocenters. The number of nitrogens with two attached hydrogens (primary N) is 1. The van der Waals surface area contributed by atoms with E-state index in [1.165, 1.54) is 6.07 Å². The molecule has 0 amide bonds. The fraction of sp³-hybridized carbons (Fsp3) is 0.0714. The lowest BCUT2D eigenvalue weighted by Crippen LogP contribution is -2.05. The zero-order valence-corrected chi connectivity index (χ0v) is 11.9. The van der Waals surface area contributed by atoms with Gasteiger partial charge < -0.3 is 16.2 Å². The largest absolute Gasteiger partial charge is 0.478 e. The zero-order chi connectivity index (χ0) is 14.0. The van der Waals surface area contributed by atoms with Gasteiger partial charge in [-0.15, -0.1) is 0 Å². The first kappa shape index (κ1) is 13.4. The van der Waals surface area contributed by atoms with Crippen LogP contribution >= 0.6 is 15.9 Å². The van der Waals surface area contributed by atoms with Gasteiger partial charge in [-0.25, -0.2) is 4.79 Å². The van der Waals surface area contributed by atoms with Crippen LogP contribution in [0.1, 0.15) is 15.9 Å². The van der Waals surface area contributed by atoms with Crippen molar-refractivity contribution in [3.05, 3.63) is 52.0 Å². The minimum atomic E-state index is -1.03. The smallest absolute Gasteiger partial charge is 0.337 e. The van der Waals surface area contributed by atoms with Gasteiger partial charge in [0.15, 0.2) is 0 Å². The van der Waals surface area contributed by atoms with Crippen molar-refractivity contribution in [2.24, 2.45) is 0 Å². The summed E-state index contributed by atoms with van der Waals surface area (Å²) in [6.07, 6.45) is 0. The molecule has 98 valence electrons. The van der Waals surface area contributed by atoms with Crippen LogP contribution in [0.25, 0.3) is 0 Å². The lowest BCUT2D eigenvalue weighted by atomic mass is 10.1. The fourth-order valence-electron chi connectivity index (χ4n) is 1.77. The summed E-state index contributed by atoms with van der Waals surface area (Å²) < 4.78 is 0.989. The molecule has 0 bridgehead atoms. The standard InChI is InChI=1S/C14H13BrN2O2/c1-8-7-9(15)5-6-11(8)17-12-4-2-3-10(13(12)16)14(18)19/h2-7,17H,16H2,1H3,(H,18,19). The van der Waals surface area contributed by atoms with Gasteiger partial charge in [0, 0.05) is 10.2 Å². The quantitative estimate of drug-likeness (QED) is 0.752. The summed E-state index contributed by atoms with van der Waals surface area (Å²) >= 11 is 3.40. The molecule has 0 spiro atoms. The first-order valence-corrected chi connectivity index (χ1v) is 6.43. The Bertz CT molecular complexity index is 641. The summed E-state index contributed by atoms with van der Waals surface area (Å²) in [6.45, 7) is 1.96. The van der Waals surface area contributed by atoms with Crippen LogP contribution in [-0.4, -0.2) is 11.1 Å². The Hall–Kier alpha value is -2.01. The van der Waals surface area contributed by atoms with Crippen molar-refractivity contribution in [2.75, 3.05) is 11.1 Å². The molecule has 5 heteroatoms. The summed E-state index contributed by atoms with van der Waals surface area (Å²) in [5.41, 5.74) is 8.70. The molecule has 0 aliphatic heterocycles. The average molecular weight is 321 g/mol. The van der Waals surface area contributed by atoms with E-state index in [1.54, 1.807) is 12.1 Å². The molecule has 0 aromatic heterocycles. The number of carboxylic acid groups (broad SMARTS) is 1.